The number of nitrogen functional groups attached to an aromatic ring is 1. The highest BCUT2D eigenvalue weighted by Gasteiger charge is 2.29. The summed E-state index contributed by atoms with van der Waals surface area (Å²) in [5, 5.41) is 10.9. The molecule has 2 aliphatic rings. The second-order valence-corrected chi connectivity index (χ2v) is 24.2. The minimum absolute atomic E-state index is 0.0954. The number of rotatable bonds is 16. The number of anilines is 3. The first kappa shape index (κ1) is 56.8. The third-order valence-electron chi connectivity index (χ3n) is 11.5. The molecule has 4 heterocycles. The van der Waals surface area contributed by atoms with Crippen molar-refractivity contribution in [2.24, 2.45) is 0 Å². The number of H-pyrrole nitrogens is 2. The van der Waals surface area contributed by atoms with E-state index in [1.165, 1.54) is 28.7 Å². The molecule has 0 spiro atoms. The van der Waals surface area contributed by atoms with Crippen LogP contribution in [0.1, 0.15) is 115 Å². The van der Waals surface area contributed by atoms with Crippen molar-refractivity contribution in [1.82, 2.24) is 50.0 Å². The highest BCUT2D eigenvalue weighted by molar-refractivity contribution is 9.10. The van der Waals surface area contributed by atoms with E-state index in [1.54, 1.807) is 75.3 Å². The number of ether oxygens (including phenoxy) is 2. The molecule has 2 amide bonds. The van der Waals surface area contributed by atoms with Crippen LogP contribution in [-0.4, -0.2) is 96.3 Å². The number of carbonyl (C=O) groups excluding carboxylic acids is 2. The number of hydrogen-bond acceptors (Lipinski definition) is 16. The Morgan fingerprint density at radius 1 is 0.685 bits per heavy atom. The first-order chi connectivity index (χ1) is 34.8. The lowest BCUT2D eigenvalue weighted by molar-refractivity contribution is 0.108. The number of alkyl carbamates (subject to hydrolysis) is 2. The lowest BCUT2D eigenvalue weighted by atomic mass is 9.86. The lowest BCUT2D eigenvalue weighted by Gasteiger charge is -2.28. The van der Waals surface area contributed by atoms with Gasteiger partial charge >= 0.3 is 12.2 Å². The quantitative estimate of drug-likeness (QED) is 0.0419. The van der Waals surface area contributed by atoms with Crippen LogP contribution in [0.2, 0.25) is 0 Å². The number of thiazole rings is 2. The van der Waals surface area contributed by atoms with E-state index >= 15 is 0 Å². The number of aromatic nitrogens is 6. The van der Waals surface area contributed by atoms with Crippen LogP contribution >= 0.6 is 38.6 Å². The van der Waals surface area contributed by atoms with Gasteiger partial charge in [-0.15, -0.1) is 22.7 Å². The van der Waals surface area contributed by atoms with Crippen molar-refractivity contribution in [2.75, 3.05) is 24.1 Å². The van der Waals surface area contributed by atoms with Crippen molar-refractivity contribution in [1.29, 1.82) is 0 Å². The van der Waals surface area contributed by atoms with Crippen molar-refractivity contribution in [3.8, 4) is 20.9 Å². The van der Waals surface area contributed by atoms with Gasteiger partial charge in [0.15, 0.2) is 4.73 Å². The Morgan fingerprint density at radius 3 is 1.56 bits per heavy atom. The van der Waals surface area contributed by atoms with Gasteiger partial charge in [-0.1, -0.05) is 26.0 Å². The van der Waals surface area contributed by atoms with Crippen LogP contribution in [0.25, 0.3) is 20.9 Å². The number of nitrogens with one attached hydrogen (secondary N) is 7. The molecule has 9 N–H and O–H groups in total. The standard InChI is InChI=1S/C24H32N6O4S2.C21H30N4O4S2.C3H3BrN2/c1-4-28-36(32,33)21-13-18(29-23-25-11-12-26-23)9-10-19(21)20-14-27-22(35-20)16-5-7-17(8-6-16)30-24(31)34-15(2)3;1-4-24-31(27,28)19-11-15(22)7-10-17(19)18-12-23-20(30-18)14-5-8-16(9-6-14)25-21(26)29-13(2)3;4-3-5-1-2-6-3/h9-17,28H,4-8H2,1-3H3,(H,30,31)(H2,25,26,29);7,10-14,16,24H,4-6,8-9,22H2,1-3H3,(H,25,26);1-2H,(H,5,6). The zero-order chi connectivity index (χ0) is 52.7. The summed E-state index contributed by atoms with van der Waals surface area (Å²) in [6, 6.07) is 10.4. The largest absolute Gasteiger partial charge is 0.447 e. The predicted molar refractivity (Wildman–Crippen MR) is 289 cm³/mol. The molecule has 2 aliphatic carbocycles. The minimum atomic E-state index is -3.73. The number of nitrogens with two attached hydrogens (primary N) is 1. The summed E-state index contributed by atoms with van der Waals surface area (Å²) < 4.78 is 67.7. The molecule has 0 atom stereocenters. The molecule has 20 nitrogen and oxygen atoms in total. The molecule has 25 heteroatoms. The molecule has 73 heavy (non-hydrogen) atoms. The second kappa shape index (κ2) is 26.7. The first-order valence-electron chi connectivity index (χ1n) is 24.1. The summed E-state index contributed by atoms with van der Waals surface area (Å²) in [6.45, 7) is 11.4. The summed E-state index contributed by atoms with van der Waals surface area (Å²) >= 11 is 6.15. The Balaban J connectivity index is 0.000000215. The number of amides is 2. The normalized spacial score (nSPS) is 17.9. The number of hydrogen-bond donors (Lipinski definition) is 8. The Morgan fingerprint density at radius 2 is 1.15 bits per heavy atom. The highest BCUT2D eigenvalue weighted by Crippen LogP contribution is 2.41. The smallest absolute Gasteiger partial charge is 0.407 e. The zero-order valence-electron chi connectivity index (χ0n) is 41.6. The molecule has 0 radical (unpaired) electrons. The number of imidazole rings is 2. The van der Waals surface area contributed by atoms with Crippen molar-refractivity contribution in [3.63, 3.8) is 0 Å². The Bertz CT molecular complexity index is 2920. The van der Waals surface area contributed by atoms with E-state index in [-0.39, 0.29) is 58.7 Å². The van der Waals surface area contributed by atoms with Crippen LogP contribution in [0.3, 0.4) is 0 Å². The summed E-state index contributed by atoms with van der Waals surface area (Å²) in [4.78, 5) is 48.6. The molecule has 4 aromatic heterocycles. The lowest BCUT2D eigenvalue weighted by Crippen LogP contribution is -2.38. The van der Waals surface area contributed by atoms with Crippen LogP contribution in [0.15, 0.2) is 88.1 Å². The number of halogens is 1. The van der Waals surface area contributed by atoms with Gasteiger partial charge in [0, 0.05) is 96.7 Å². The Hall–Kier alpha value is -5.44. The fourth-order valence-corrected chi connectivity index (χ4v) is 13.5. The maximum Gasteiger partial charge on any atom is 0.407 e. The number of carbonyl (C=O) groups is 2. The van der Waals surface area contributed by atoms with Gasteiger partial charge < -0.3 is 41.1 Å². The molecule has 6 aromatic rings. The molecule has 0 aliphatic heterocycles. The van der Waals surface area contributed by atoms with E-state index in [2.05, 4.69) is 71.2 Å². The van der Waals surface area contributed by atoms with E-state index in [0.717, 1.165) is 75.9 Å². The van der Waals surface area contributed by atoms with Gasteiger partial charge in [0.25, 0.3) is 0 Å². The number of sulfonamides is 2. The zero-order valence-corrected chi connectivity index (χ0v) is 46.5. The SMILES string of the molecule is Brc1ncc[nH]1.CCNS(=O)(=O)c1cc(N)ccc1-c1cnc(C2CCC(NC(=O)OC(C)C)CC2)s1.CCNS(=O)(=O)c1cc(Nc2ncc[nH]2)ccc1-c1cnc(C2CCC(NC(=O)OC(C)C)CC2)s1. The van der Waals surface area contributed by atoms with E-state index in [9.17, 15) is 26.4 Å². The average Bonchev–Trinajstić information content (AvgIpc) is 4.20. The third kappa shape index (κ3) is 16.8. The Labute approximate surface area is 443 Å². The number of benzene rings is 2. The van der Waals surface area contributed by atoms with Crippen LogP contribution in [0.5, 0.6) is 0 Å². The molecule has 2 saturated carbocycles. The van der Waals surface area contributed by atoms with Crippen molar-refractivity contribution >= 4 is 88.2 Å². The summed E-state index contributed by atoms with van der Waals surface area (Å²) in [7, 11) is -7.39. The van der Waals surface area contributed by atoms with Gasteiger partial charge in [0.2, 0.25) is 26.0 Å². The molecule has 0 unspecified atom stereocenters. The Kier molecular flexibility index (Phi) is 20.8. The van der Waals surface area contributed by atoms with Gasteiger partial charge in [-0.25, -0.2) is 55.8 Å². The van der Waals surface area contributed by atoms with Crippen molar-refractivity contribution < 1.29 is 35.9 Å². The van der Waals surface area contributed by atoms with Gasteiger partial charge in [0.1, 0.15) is 0 Å². The summed E-state index contributed by atoms with van der Waals surface area (Å²) in [6.07, 6.45) is 16.2. The monoisotopic (exact) mass is 1140 g/mol. The van der Waals surface area contributed by atoms with Crippen LogP contribution in [-0.2, 0) is 29.5 Å². The van der Waals surface area contributed by atoms with E-state index in [0.29, 0.717) is 40.9 Å². The van der Waals surface area contributed by atoms with Gasteiger partial charge in [-0.3, -0.25) is 0 Å². The molecule has 0 bridgehead atoms. The summed E-state index contributed by atoms with van der Waals surface area (Å²) in [5.74, 6) is 1.09. The fourth-order valence-electron chi connectivity index (χ4n) is 8.24. The van der Waals surface area contributed by atoms with E-state index in [4.69, 9.17) is 15.2 Å². The van der Waals surface area contributed by atoms with Crippen molar-refractivity contribution in [2.45, 2.75) is 139 Å². The molecular weight excluding hydrogens is 1080 g/mol. The molecular formula is C48H65BrN12O8S4. The second-order valence-electron chi connectivity index (χ2n) is 17.8. The van der Waals surface area contributed by atoms with Gasteiger partial charge in [-0.05, 0) is 119 Å². The molecule has 8 rings (SSSR count). The van der Waals surface area contributed by atoms with Crippen LogP contribution in [0.4, 0.5) is 26.9 Å². The molecule has 2 aromatic carbocycles. The van der Waals surface area contributed by atoms with Crippen LogP contribution in [0, 0.1) is 0 Å². The van der Waals surface area contributed by atoms with Gasteiger partial charge in [0.05, 0.1) is 41.8 Å². The first-order valence-corrected chi connectivity index (χ1v) is 29.5. The predicted octanol–water partition coefficient (Wildman–Crippen LogP) is 9.76. The third-order valence-corrected chi connectivity index (χ3v) is 17.5. The van der Waals surface area contributed by atoms with Crippen LogP contribution < -0.4 is 31.1 Å². The molecule has 396 valence electrons. The molecule has 2 fully saturated rings. The van der Waals surface area contributed by atoms with E-state index < -0.39 is 20.0 Å². The van der Waals surface area contributed by atoms with Crippen molar-refractivity contribution in [3.05, 3.63) is 88.3 Å². The fraction of sp³-hybridized carbons (Fsp3) is 0.458. The van der Waals surface area contributed by atoms with E-state index in [1.807, 2.05) is 33.8 Å². The highest BCUT2D eigenvalue weighted by atomic mass is 79.9. The topological polar surface area (TPSA) is 290 Å². The number of aromatic amines is 2. The van der Waals surface area contributed by atoms with Gasteiger partial charge in [-0.2, -0.15) is 0 Å². The maximum absolute atomic E-state index is 13.1. The summed E-state index contributed by atoms with van der Waals surface area (Å²) in [5.41, 5.74) is 8.06. The molecule has 0 saturated heterocycles. The maximum atomic E-state index is 13.1. The minimum Gasteiger partial charge on any atom is -0.447 e. The average molecular weight is 1150 g/mol. The number of nitrogens with zero attached hydrogens (tertiary/aromatic N) is 4.